The maximum Gasteiger partial charge on any atom is 0.414 e. The molecule has 1 aliphatic rings. The number of Topliss-reactive ketones (excluding diaryl/α,β-unsaturated/α-hetero) is 1. The Bertz CT molecular complexity index is 883. The second kappa shape index (κ2) is 14.0. The number of benzene rings is 2. The summed E-state index contributed by atoms with van der Waals surface area (Å²) >= 11 is 0. The SMILES string of the molecule is CCC(=O)c1ccccc1OCCCN1CCN(Cc2ccccc2)CC1.O=C(O)C(=O)O. The molecule has 0 atom stereocenters. The largest absolute Gasteiger partial charge is 0.493 e. The Labute approximate surface area is 194 Å². The Hall–Kier alpha value is -3.23. The number of aliphatic carboxylic acids is 2. The summed E-state index contributed by atoms with van der Waals surface area (Å²) in [6.07, 6.45) is 1.49. The van der Waals surface area contributed by atoms with Gasteiger partial charge < -0.3 is 19.8 Å². The van der Waals surface area contributed by atoms with Gasteiger partial charge in [0.05, 0.1) is 12.2 Å². The molecule has 2 aromatic rings. The minimum Gasteiger partial charge on any atom is -0.493 e. The van der Waals surface area contributed by atoms with Crippen LogP contribution in [0.25, 0.3) is 0 Å². The third-order valence-electron chi connectivity index (χ3n) is 5.28. The first kappa shape index (κ1) is 26.0. The van der Waals surface area contributed by atoms with Crippen molar-refractivity contribution in [1.82, 2.24) is 9.80 Å². The van der Waals surface area contributed by atoms with Crippen LogP contribution in [0.3, 0.4) is 0 Å². The number of hydrogen-bond donors (Lipinski definition) is 2. The molecule has 1 aliphatic heterocycles. The Balaban J connectivity index is 0.000000569. The number of piperazine rings is 1. The zero-order chi connectivity index (χ0) is 24.1. The minimum atomic E-state index is -1.82. The molecule has 1 heterocycles. The fourth-order valence-electron chi connectivity index (χ4n) is 3.50. The Morgan fingerprint density at radius 3 is 2.03 bits per heavy atom. The van der Waals surface area contributed by atoms with Crippen LogP contribution in [0.1, 0.15) is 35.7 Å². The summed E-state index contributed by atoms with van der Waals surface area (Å²) in [5.41, 5.74) is 2.09. The Morgan fingerprint density at radius 2 is 1.42 bits per heavy atom. The number of carboxylic acids is 2. The van der Waals surface area contributed by atoms with Gasteiger partial charge in [-0.1, -0.05) is 49.4 Å². The van der Waals surface area contributed by atoms with Crippen LogP contribution in [0.4, 0.5) is 0 Å². The molecule has 0 bridgehead atoms. The molecule has 0 spiro atoms. The first-order valence-corrected chi connectivity index (χ1v) is 11.1. The van der Waals surface area contributed by atoms with Crippen molar-refractivity contribution < 1.29 is 29.3 Å². The van der Waals surface area contributed by atoms with Gasteiger partial charge in [0.1, 0.15) is 5.75 Å². The molecule has 0 amide bonds. The van der Waals surface area contributed by atoms with Gasteiger partial charge in [0, 0.05) is 45.7 Å². The van der Waals surface area contributed by atoms with Gasteiger partial charge in [0.2, 0.25) is 0 Å². The minimum absolute atomic E-state index is 0.139. The monoisotopic (exact) mass is 456 g/mol. The van der Waals surface area contributed by atoms with Gasteiger partial charge in [-0.05, 0) is 24.1 Å². The number of carboxylic acid groups (broad SMARTS) is 2. The first-order valence-electron chi connectivity index (χ1n) is 11.1. The average Bonchev–Trinajstić information content (AvgIpc) is 2.83. The molecular formula is C25H32N2O6. The second-order valence-electron chi connectivity index (χ2n) is 7.69. The number of ether oxygens (including phenoxy) is 1. The molecule has 8 heteroatoms. The quantitative estimate of drug-likeness (QED) is 0.337. The number of nitrogens with zero attached hydrogens (tertiary/aromatic N) is 2. The molecule has 33 heavy (non-hydrogen) atoms. The highest BCUT2D eigenvalue weighted by Gasteiger charge is 2.16. The average molecular weight is 457 g/mol. The first-order chi connectivity index (χ1) is 15.9. The van der Waals surface area contributed by atoms with Crippen molar-refractivity contribution in [2.24, 2.45) is 0 Å². The van der Waals surface area contributed by atoms with Crippen molar-refractivity contribution in [3.8, 4) is 5.75 Å². The predicted octanol–water partition coefficient (Wildman–Crippen LogP) is 3.02. The van der Waals surface area contributed by atoms with E-state index in [0.717, 1.165) is 51.4 Å². The lowest BCUT2D eigenvalue weighted by Crippen LogP contribution is -2.46. The fourth-order valence-corrected chi connectivity index (χ4v) is 3.50. The third kappa shape index (κ3) is 9.43. The molecule has 8 nitrogen and oxygen atoms in total. The number of para-hydroxylation sites is 1. The normalized spacial score (nSPS) is 14.1. The highest BCUT2D eigenvalue weighted by atomic mass is 16.5. The van der Waals surface area contributed by atoms with Gasteiger partial charge in [-0.25, -0.2) is 9.59 Å². The standard InChI is InChI=1S/C23H30N2O2.C2H2O4/c1-2-22(26)21-11-6-7-12-23(21)27-18-8-13-24-14-16-25(17-15-24)19-20-9-4-3-5-10-20;3-1(4)2(5)6/h3-7,9-12H,2,8,13-19H2,1H3;(H,3,4)(H,5,6). The summed E-state index contributed by atoms with van der Waals surface area (Å²) in [7, 11) is 0. The van der Waals surface area contributed by atoms with E-state index in [4.69, 9.17) is 24.5 Å². The molecule has 2 aromatic carbocycles. The van der Waals surface area contributed by atoms with Crippen molar-refractivity contribution in [3.05, 3.63) is 65.7 Å². The molecule has 178 valence electrons. The molecular weight excluding hydrogens is 424 g/mol. The topological polar surface area (TPSA) is 107 Å². The van der Waals surface area contributed by atoms with E-state index < -0.39 is 11.9 Å². The van der Waals surface area contributed by atoms with Gasteiger partial charge in [-0.3, -0.25) is 9.69 Å². The molecule has 1 fully saturated rings. The van der Waals surface area contributed by atoms with Gasteiger partial charge >= 0.3 is 11.9 Å². The van der Waals surface area contributed by atoms with Crippen molar-refractivity contribution in [3.63, 3.8) is 0 Å². The lowest BCUT2D eigenvalue weighted by Gasteiger charge is -2.34. The van der Waals surface area contributed by atoms with Crippen molar-refractivity contribution in [2.45, 2.75) is 26.3 Å². The molecule has 3 rings (SSSR count). The molecule has 0 aliphatic carbocycles. The van der Waals surface area contributed by atoms with Crippen LogP contribution < -0.4 is 4.74 Å². The van der Waals surface area contributed by atoms with Crippen LogP contribution in [-0.2, 0) is 16.1 Å². The maximum atomic E-state index is 12.0. The lowest BCUT2D eigenvalue weighted by molar-refractivity contribution is -0.159. The maximum absolute atomic E-state index is 12.0. The van der Waals surface area contributed by atoms with E-state index in [-0.39, 0.29) is 5.78 Å². The Morgan fingerprint density at radius 1 is 0.848 bits per heavy atom. The highest BCUT2D eigenvalue weighted by molar-refractivity contribution is 6.27. The smallest absolute Gasteiger partial charge is 0.414 e. The van der Waals surface area contributed by atoms with Crippen LogP contribution in [0.15, 0.2) is 54.6 Å². The summed E-state index contributed by atoms with van der Waals surface area (Å²) in [4.78, 5) is 35.2. The van der Waals surface area contributed by atoms with Gasteiger partial charge in [-0.2, -0.15) is 0 Å². The summed E-state index contributed by atoms with van der Waals surface area (Å²) in [6.45, 7) is 9.07. The van der Waals surface area contributed by atoms with E-state index in [9.17, 15) is 4.79 Å². The summed E-state index contributed by atoms with van der Waals surface area (Å²) in [6, 6.07) is 18.3. The third-order valence-corrected chi connectivity index (χ3v) is 5.28. The van der Waals surface area contributed by atoms with Crippen molar-refractivity contribution >= 4 is 17.7 Å². The zero-order valence-electron chi connectivity index (χ0n) is 19.0. The van der Waals surface area contributed by atoms with Gasteiger partial charge in [-0.15, -0.1) is 0 Å². The van der Waals surface area contributed by atoms with Crippen molar-refractivity contribution in [1.29, 1.82) is 0 Å². The summed E-state index contributed by atoms with van der Waals surface area (Å²) < 4.78 is 5.89. The molecule has 0 radical (unpaired) electrons. The fraction of sp³-hybridized carbons (Fsp3) is 0.400. The van der Waals surface area contributed by atoms with E-state index >= 15 is 0 Å². The van der Waals surface area contributed by atoms with Gasteiger partial charge in [0.15, 0.2) is 5.78 Å². The Kier molecular flexibility index (Phi) is 11.1. The molecule has 1 saturated heterocycles. The van der Waals surface area contributed by atoms with Crippen LogP contribution >= 0.6 is 0 Å². The van der Waals surface area contributed by atoms with E-state index in [1.165, 1.54) is 5.56 Å². The summed E-state index contributed by atoms with van der Waals surface area (Å²) in [5, 5.41) is 14.8. The number of ketones is 1. The number of carbonyl (C=O) groups excluding carboxylic acids is 1. The van der Waals surface area contributed by atoms with Crippen LogP contribution in [-0.4, -0.2) is 77.1 Å². The van der Waals surface area contributed by atoms with E-state index in [0.29, 0.717) is 18.6 Å². The van der Waals surface area contributed by atoms with E-state index in [1.54, 1.807) is 0 Å². The van der Waals surface area contributed by atoms with Crippen LogP contribution in [0.5, 0.6) is 5.75 Å². The summed E-state index contributed by atoms with van der Waals surface area (Å²) in [5.74, 6) is -2.79. The molecule has 0 aromatic heterocycles. The molecule has 0 saturated carbocycles. The number of rotatable bonds is 9. The predicted molar refractivity (Wildman–Crippen MR) is 125 cm³/mol. The lowest BCUT2D eigenvalue weighted by atomic mass is 10.1. The molecule has 2 N–H and O–H groups in total. The highest BCUT2D eigenvalue weighted by Crippen LogP contribution is 2.20. The molecule has 0 unspecified atom stereocenters. The van der Waals surface area contributed by atoms with Crippen LogP contribution in [0.2, 0.25) is 0 Å². The van der Waals surface area contributed by atoms with Crippen LogP contribution in [0, 0.1) is 0 Å². The van der Waals surface area contributed by atoms with E-state index in [2.05, 4.69) is 40.1 Å². The van der Waals surface area contributed by atoms with Gasteiger partial charge in [0.25, 0.3) is 0 Å². The van der Waals surface area contributed by atoms with Crippen molar-refractivity contribution in [2.75, 3.05) is 39.3 Å². The zero-order valence-corrected chi connectivity index (χ0v) is 19.0. The number of hydrogen-bond acceptors (Lipinski definition) is 6. The van der Waals surface area contributed by atoms with E-state index in [1.807, 2.05) is 31.2 Å². The second-order valence-corrected chi connectivity index (χ2v) is 7.69. The number of carbonyl (C=O) groups is 3.